The van der Waals surface area contributed by atoms with Crippen LogP contribution in [0.5, 0.6) is 5.75 Å². The van der Waals surface area contributed by atoms with Gasteiger partial charge in [-0.3, -0.25) is 0 Å². The third-order valence-corrected chi connectivity index (χ3v) is 4.90. The predicted octanol–water partition coefficient (Wildman–Crippen LogP) is 4.13. The van der Waals surface area contributed by atoms with Gasteiger partial charge in [-0.05, 0) is 29.1 Å². The van der Waals surface area contributed by atoms with Gasteiger partial charge in [-0.1, -0.05) is 6.07 Å². The van der Waals surface area contributed by atoms with Crippen LogP contribution in [0.15, 0.2) is 41.0 Å². The Morgan fingerprint density at radius 3 is 3.00 bits per heavy atom. The Morgan fingerprint density at radius 1 is 1.30 bits per heavy atom. The van der Waals surface area contributed by atoms with Crippen LogP contribution in [-0.2, 0) is 5.75 Å². The third kappa shape index (κ3) is 2.62. The van der Waals surface area contributed by atoms with Gasteiger partial charge in [0, 0.05) is 5.75 Å². The van der Waals surface area contributed by atoms with Gasteiger partial charge >= 0.3 is 0 Å². The smallest absolute Gasteiger partial charge is 0.165 e. The van der Waals surface area contributed by atoms with Crippen LogP contribution >= 0.6 is 23.1 Å². The number of nitrogens with zero attached hydrogens (tertiary/aromatic N) is 2. The average molecular weight is 306 g/mol. The van der Waals surface area contributed by atoms with Crippen molar-refractivity contribution in [3.8, 4) is 5.75 Å². The zero-order valence-electron chi connectivity index (χ0n) is 10.7. The third-order valence-electron chi connectivity index (χ3n) is 2.80. The van der Waals surface area contributed by atoms with E-state index in [-0.39, 0.29) is 11.6 Å². The van der Waals surface area contributed by atoms with Crippen LogP contribution in [0, 0.1) is 5.82 Å². The maximum Gasteiger partial charge on any atom is 0.165 e. The molecule has 0 aliphatic rings. The van der Waals surface area contributed by atoms with Crippen molar-refractivity contribution >= 4 is 33.3 Å². The van der Waals surface area contributed by atoms with Crippen LogP contribution in [0.2, 0.25) is 0 Å². The van der Waals surface area contributed by atoms with E-state index in [1.165, 1.54) is 13.2 Å². The summed E-state index contributed by atoms with van der Waals surface area (Å²) in [6.07, 6.45) is 1.56. The average Bonchev–Trinajstić information content (AvgIpc) is 2.94. The van der Waals surface area contributed by atoms with E-state index in [4.69, 9.17) is 4.74 Å². The summed E-state index contributed by atoms with van der Waals surface area (Å²) in [4.78, 5) is 8.50. The van der Waals surface area contributed by atoms with Gasteiger partial charge in [-0.15, -0.1) is 23.1 Å². The first-order chi connectivity index (χ1) is 9.78. The van der Waals surface area contributed by atoms with Gasteiger partial charge in [-0.2, -0.15) is 0 Å². The zero-order chi connectivity index (χ0) is 13.9. The Bertz CT molecular complexity index is 745. The molecule has 0 saturated carbocycles. The topological polar surface area (TPSA) is 35.0 Å². The quantitative estimate of drug-likeness (QED) is 0.536. The molecular formula is C14H11FN2OS2. The molecule has 0 bridgehead atoms. The Balaban J connectivity index is 1.79. The Hall–Kier alpha value is -1.66. The highest BCUT2D eigenvalue weighted by Gasteiger charge is 2.08. The number of hydrogen-bond donors (Lipinski definition) is 0. The minimum atomic E-state index is -0.338. The molecule has 1 aromatic carbocycles. The van der Waals surface area contributed by atoms with Crippen molar-refractivity contribution in [2.24, 2.45) is 0 Å². The van der Waals surface area contributed by atoms with Crippen LogP contribution in [0.4, 0.5) is 4.39 Å². The second-order valence-electron chi connectivity index (χ2n) is 4.07. The number of ether oxygens (including phenoxy) is 1. The molecule has 3 nitrogen and oxygen atoms in total. The van der Waals surface area contributed by atoms with Crippen LogP contribution < -0.4 is 4.74 Å². The second kappa shape index (κ2) is 5.76. The highest BCUT2D eigenvalue weighted by Crippen LogP contribution is 2.31. The fourth-order valence-electron chi connectivity index (χ4n) is 1.82. The van der Waals surface area contributed by atoms with Crippen molar-refractivity contribution in [3.63, 3.8) is 0 Å². The second-order valence-corrected chi connectivity index (χ2v) is 5.95. The van der Waals surface area contributed by atoms with E-state index < -0.39 is 0 Å². The van der Waals surface area contributed by atoms with E-state index in [0.29, 0.717) is 5.75 Å². The molecule has 0 fully saturated rings. The summed E-state index contributed by atoms with van der Waals surface area (Å²) in [6.45, 7) is 0. The number of methoxy groups -OCH3 is 1. The summed E-state index contributed by atoms with van der Waals surface area (Å²) in [5.41, 5.74) is 1.85. The maximum absolute atomic E-state index is 13.6. The van der Waals surface area contributed by atoms with Crippen molar-refractivity contribution in [2.75, 3.05) is 7.11 Å². The van der Waals surface area contributed by atoms with Gasteiger partial charge < -0.3 is 4.74 Å². The van der Waals surface area contributed by atoms with E-state index in [2.05, 4.69) is 9.97 Å². The lowest BCUT2D eigenvalue weighted by atomic mass is 10.2. The molecule has 102 valence electrons. The molecule has 0 amide bonds. The molecule has 3 aromatic rings. The molecule has 0 unspecified atom stereocenters. The zero-order valence-corrected chi connectivity index (χ0v) is 12.3. The number of thioether (sulfide) groups is 1. The van der Waals surface area contributed by atoms with Crippen molar-refractivity contribution < 1.29 is 9.13 Å². The molecule has 0 N–H and O–H groups in total. The lowest BCUT2D eigenvalue weighted by Gasteiger charge is -2.05. The molecule has 2 aromatic heterocycles. The number of hydrogen-bond acceptors (Lipinski definition) is 5. The highest BCUT2D eigenvalue weighted by molar-refractivity contribution is 7.98. The predicted molar refractivity (Wildman–Crippen MR) is 79.9 cm³/mol. The normalized spacial score (nSPS) is 10.9. The first-order valence-electron chi connectivity index (χ1n) is 5.91. The summed E-state index contributed by atoms with van der Waals surface area (Å²) < 4.78 is 19.6. The Morgan fingerprint density at radius 2 is 2.20 bits per heavy atom. The standard InChI is InChI=1S/C14H11FN2OS2/c1-18-12-3-2-9(6-10(12)15)7-20-14-13-11(4-5-19-13)16-8-17-14/h2-6,8H,7H2,1H3. The van der Waals surface area contributed by atoms with Crippen molar-refractivity contribution in [3.05, 3.63) is 47.4 Å². The van der Waals surface area contributed by atoms with Crippen LogP contribution in [0.25, 0.3) is 10.2 Å². The van der Waals surface area contributed by atoms with Gasteiger partial charge in [0.25, 0.3) is 0 Å². The minimum Gasteiger partial charge on any atom is -0.494 e. The fraction of sp³-hybridized carbons (Fsp3) is 0.143. The van der Waals surface area contributed by atoms with E-state index in [1.54, 1.807) is 35.5 Å². The summed E-state index contributed by atoms with van der Waals surface area (Å²) in [5.74, 6) is 0.585. The number of halogens is 1. The first kappa shape index (κ1) is 13.3. The molecule has 0 radical (unpaired) electrons. The Labute approximate surface area is 123 Å². The summed E-state index contributed by atoms with van der Waals surface area (Å²) in [5, 5.41) is 2.93. The molecule has 0 saturated heterocycles. The molecule has 0 aliphatic carbocycles. The van der Waals surface area contributed by atoms with Gasteiger partial charge in [0.1, 0.15) is 11.4 Å². The molecule has 0 spiro atoms. The molecule has 3 rings (SSSR count). The van der Waals surface area contributed by atoms with E-state index in [9.17, 15) is 4.39 Å². The molecular weight excluding hydrogens is 295 g/mol. The maximum atomic E-state index is 13.6. The van der Waals surface area contributed by atoms with Gasteiger partial charge in [0.15, 0.2) is 11.6 Å². The minimum absolute atomic E-state index is 0.265. The number of thiophene rings is 1. The monoisotopic (exact) mass is 306 g/mol. The number of fused-ring (bicyclic) bond motifs is 1. The molecule has 2 heterocycles. The van der Waals surface area contributed by atoms with Gasteiger partial charge in [0.2, 0.25) is 0 Å². The fourth-order valence-corrected chi connectivity index (χ4v) is 3.71. The van der Waals surface area contributed by atoms with Crippen LogP contribution in [0.3, 0.4) is 0 Å². The lowest BCUT2D eigenvalue weighted by Crippen LogP contribution is -1.90. The molecule has 0 atom stereocenters. The Kier molecular flexibility index (Phi) is 3.84. The van der Waals surface area contributed by atoms with Crippen molar-refractivity contribution in [2.45, 2.75) is 10.8 Å². The summed E-state index contributed by atoms with van der Waals surface area (Å²) in [7, 11) is 1.46. The lowest BCUT2D eigenvalue weighted by molar-refractivity contribution is 0.386. The van der Waals surface area contributed by atoms with Crippen LogP contribution in [-0.4, -0.2) is 17.1 Å². The number of rotatable bonds is 4. The summed E-state index contributed by atoms with van der Waals surface area (Å²) in [6, 6.07) is 6.98. The van der Waals surface area contributed by atoms with Gasteiger partial charge in [0.05, 0.1) is 17.3 Å². The highest BCUT2D eigenvalue weighted by atomic mass is 32.2. The SMILES string of the molecule is COc1ccc(CSc2ncnc3ccsc23)cc1F. The molecule has 6 heteroatoms. The molecule has 0 aliphatic heterocycles. The largest absolute Gasteiger partial charge is 0.494 e. The van der Waals surface area contributed by atoms with Gasteiger partial charge in [-0.25, -0.2) is 14.4 Å². The van der Waals surface area contributed by atoms with E-state index in [1.807, 2.05) is 17.5 Å². The van der Waals surface area contributed by atoms with Crippen molar-refractivity contribution in [1.29, 1.82) is 0 Å². The van der Waals surface area contributed by atoms with E-state index in [0.717, 1.165) is 20.8 Å². The van der Waals surface area contributed by atoms with E-state index >= 15 is 0 Å². The number of aromatic nitrogens is 2. The van der Waals surface area contributed by atoms with Crippen LogP contribution in [0.1, 0.15) is 5.56 Å². The number of benzene rings is 1. The molecule has 20 heavy (non-hydrogen) atoms. The summed E-state index contributed by atoms with van der Waals surface area (Å²) >= 11 is 3.20. The first-order valence-corrected chi connectivity index (χ1v) is 7.78. The van der Waals surface area contributed by atoms with Crippen molar-refractivity contribution in [1.82, 2.24) is 9.97 Å².